The third kappa shape index (κ3) is 6.10. The van der Waals surface area contributed by atoms with Gasteiger partial charge in [0.2, 0.25) is 0 Å². The van der Waals surface area contributed by atoms with Gasteiger partial charge in [-0.15, -0.1) is 0 Å². The van der Waals surface area contributed by atoms with Crippen molar-refractivity contribution in [3.05, 3.63) is 125 Å². The molecule has 1 aliphatic heterocycles. The lowest BCUT2D eigenvalue weighted by Gasteiger charge is -2.38. The van der Waals surface area contributed by atoms with E-state index in [1.807, 2.05) is 6.07 Å². The van der Waals surface area contributed by atoms with Crippen LogP contribution in [0.1, 0.15) is 44.6 Å². The van der Waals surface area contributed by atoms with Crippen molar-refractivity contribution in [1.82, 2.24) is 10.2 Å². The van der Waals surface area contributed by atoms with Gasteiger partial charge in [-0.3, -0.25) is 9.69 Å². The topological polar surface area (TPSA) is 63.9 Å². The number of rotatable bonds is 10. The number of fused-ring (bicyclic) bond motifs is 1. The minimum absolute atomic E-state index is 0.139. The number of furan rings is 1. The molecule has 0 bridgehead atoms. The van der Waals surface area contributed by atoms with E-state index >= 15 is 0 Å². The van der Waals surface area contributed by atoms with Gasteiger partial charge < -0.3 is 19.2 Å². The summed E-state index contributed by atoms with van der Waals surface area (Å²) in [6.45, 7) is 3.00. The van der Waals surface area contributed by atoms with E-state index < -0.39 is 0 Å². The summed E-state index contributed by atoms with van der Waals surface area (Å²) in [6.07, 6.45) is 0.992. The Balaban J connectivity index is 1.33. The van der Waals surface area contributed by atoms with Gasteiger partial charge in [-0.25, -0.2) is 0 Å². The minimum Gasteiger partial charge on any atom is -0.486 e. The van der Waals surface area contributed by atoms with E-state index in [2.05, 4.69) is 83.0 Å². The van der Waals surface area contributed by atoms with Gasteiger partial charge >= 0.3 is 0 Å². The van der Waals surface area contributed by atoms with Crippen LogP contribution in [0.2, 0.25) is 0 Å². The number of ether oxygens (including phenoxy) is 2. The van der Waals surface area contributed by atoms with Crippen molar-refractivity contribution in [3.63, 3.8) is 0 Å². The van der Waals surface area contributed by atoms with Crippen LogP contribution in [0.3, 0.4) is 0 Å². The third-order valence-corrected chi connectivity index (χ3v) is 6.65. The number of hydrogen-bond acceptors (Lipinski definition) is 5. The fourth-order valence-corrected chi connectivity index (χ4v) is 4.83. The smallest absolute Gasteiger partial charge is 0.287 e. The molecule has 190 valence electrons. The van der Waals surface area contributed by atoms with Crippen LogP contribution in [0, 0.1) is 0 Å². The number of nitrogens with zero attached hydrogens (tertiary/aromatic N) is 1. The van der Waals surface area contributed by atoms with E-state index in [0.29, 0.717) is 18.9 Å². The molecule has 1 atom stereocenters. The summed E-state index contributed by atoms with van der Waals surface area (Å²) in [4.78, 5) is 14.7. The SMILES string of the molecule is COCCNC(=O)c1ccc(COc2ccc3c(c2)C(c2ccccc2)N(Cc2ccccc2)CC3)o1. The van der Waals surface area contributed by atoms with Gasteiger partial charge in [-0.05, 0) is 52.9 Å². The molecule has 0 fully saturated rings. The zero-order valence-electron chi connectivity index (χ0n) is 21.1. The quantitative estimate of drug-likeness (QED) is 0.299. The van der Waals surface area contributed by atoms with Crippen molar-refractivity contribution in [3.8, 4) is 5.75 Å². The highest BCUT2D eigenvalue weighted by atomic mass is 16.5. The molecule has 0 saturated carbocycles. The van der Waals surface area contributed by atoms with Crippen LogP contribution in [-0.4, -0.2) is 37.6 Å². The van der Waals surface area contributed by atoms with Gasteiger partial charge in [0.05, 0.1) is 12.6 Å². The van der Waals surface area contributed by atoms with Gasteiger partial charge in [-0.2, -0.15) is 0 Å². The average molecular weight is 497 g/mol. The lowest BCUT2D eigenvalue weighted by Crippen LogP contribution is -2.35. The molecule has 1 aromatic heterocycles. The van der Waals surface area contributed by atoms with Gasteiger partial charge in [0.1, 0.15) is 18.1 Å². The number of nitrogens with one attached hydrogen (secondary N) is 1. The van der Waals surface area contributed by atoms with E-state index in [0.717, 1.165) is 25.3 Å². The van der Waals surface area contributed by atoms with Gasteiger partial charge in [0, 0.05) is 26.7 Å². The van der Waals surface area contributed by atoms with Gasteiger partial charge in [0.15, 0.2) is 5.76 Å². The second-order valence-electron chi connectivity index (χ2n) is 9.18. The second kappa shape index (κ2) is 11.9. The number of amides is 1. The zero-order valence-corrected chi connectivity index (χ0v) is 21.1. The Morgan fingerprint density at radius 2 is 1.78 bits per heavy atom. The Morgan fingerprint density at radius 1 is 1.00 bits per heavy atom. The molecular formula is C31H32N2O4. The van der Waals surface area contributed by atoms with E-state index in [4.69, 9.17) is 13.9 Å². The Labute approximate surface area is 217 Å². The first-order chi connectivity index (χ1) is 18.2. The van der Waals surface area contributed by atoms with Crippen molar-refractivity contribution in [2.75, 3.05) is 26.8 Å². The third-order valence-electron chi connectivity index (χ3n) is 6.65. The summed E-state index contributed by atoms with van der Waals surface area (Å²) in [6, 6.07) is 31.2. The Bertz CT molecular complexity index is 1300. The van der Waals surface area contributed by atoms with Crippen LogP contribution in [-0.2, 0) is 24.3 Å². The molecule has 37 heavy (non-hydrogen) atoms. The maximum absolute atomic E-state index is 12.2. The largest absolute Gasteiger partial charge is 0.486 e. The van der Waals surface area contributed by atoms with Crippen LogP contribution < -0.4 is 10.1 Å². The maximum atomic E-state index is 12.2. The summed E-state index contributed by atoms with van der Waals surface area (Å²) >= 11 is 0. The maximum Gasteiger partial charge on any atom is 0.287 e. The summed E-state index contributed by atoms with van der Waals surface area (Å²) in [7, 11) is 1.60. The molecule has 6 heteroatoms. The molecule has 0 spiro atoms. The van der Waals surface area contributed by atoms with Gasteiger partial charge in [0.25, 0.3) is 5.91 Å². The van der Waals surface area contributed by atoms with Gasteiger partial charge in [-0.1, -0.05) is 66.7 Å². The molecule has 0 radical (unpaired) electrons. The molecule has 1 N–H and O–H groups in total. The lowest BCUT2D eigenvalue weighted by atomic mass is 9.87. The first-order valence-electron chi connectivity index (χ1n) is 12.7. The first kappa shape index (κ1) is 24.8. The Kier molecular flexibility index (Phi) is 7.99. The number of carbonyl (C=O) groups is 1. The van der Waals surface area contributed by atoms with Crippen LogP contribution in [0.15, 0.2) is 95.4 Å². The average Bonchev–Trinajstić information content (AvgIpc) is 3.42. The minimum atomic E-state index is -0.263. The van der Waals surface area contributed by atoms with Crippen molar-refractivity contribution < 1.29 is 18.7 Å². The number of carbonyl (C=O) groups excluding carboxylic acids is 1. The Morgan fingerprint density at radius 3 is 2.57 bits per heavy atom. The number of benzene rings is 3. The van der Waals surface area contributed by atoms with Crippen LogP contribution in [0.4, 0.5) is 0 Å². The van der Waals surface area contributed by atoms with Crippen LogP contribution >= 0.6 is 0 Å². The molecule has 0 aliphatic carbocycles. The number of methoxy groups -OCH3 is 1. The molecule has 2 heterocycles. The summed E-state index contributed by atoms with van der Waals surface area (Å²) in [5.41, 5.74) is 5.19. The summed E-state index contributed by atoms with van der Waals surface area (Å²) in [5.74, 6) is 1.38. The van der Waals surface area contributed by atoms with Crippen LogP contribution in [0.5, 0.6) is 5.75 Å². The molecule has 1 amide bonds. The van der Waals surface area contributed by atoms with E-state index in [1.54, 1.807) is 19.2 Å². The molecule has 4 aromatic rings. The van der Waals surface area contributed by atoms with E-state index in [1.165, 1.54) is 22.3 Å². The highest BCUT2D eigenvalue weighted by Crippen LogP contribution is 2.38. The van der Waals surface area contributed by atoms with Crippen LogP contribution in [0.25, 0.3) is 0 Å². The van der Waals surface area contributed by atoms with Crippen molar-refractivity contribution in [1.29, 1.82) is 0 Å². The van der Waals surface area contributed by atoms with Crippen molar-refractivity contribution in [2.45, 2.75) is 25.6 Å². The van der Waals surface area contributed by atoms with E-state index in [9.17, 15) is 4.79 Å². The lowest BCUT2D eigenvalue weighted by molar-refractivity contribution is 0.0905. The Hall–Kier alpha value is -3.87. The molecule has 1 aliphatic rings. The summed E-state index contributed by atoms with van der Waals surface area (Å²) < 4.78 is 16.8. The molecule has 1 unspecified atom stereocenters. The van der Waals surface area contributed by atoms with Crippen molar-refractivity contribution in [2.24, 2.45) is 0 Å². The standard InChI is InChI=1S/C31H32N2O4/c1-35-19-17-32-31(34)29-15-14-27(37-29)22-36-26-13-12-24-16-18-33(21-23-8-4-2-5-9-23)30(28(24)20-26)25-10-6-3-7-11-25/h2-15,20,30H,16-19,21-22H2,1H3,(H,32,34). The second-order valence-corrected chi connectivity index (χ2v) is 9.18. The molecular weight excluding hydrogens is 464 g/mol. The first-order valence-corrected chi connectivity index (χ1v) is 12.7. The molecule has 5 rings (SSSR count). The van der Waals surface area contributed by atoms with Crippen molar-refractivity contribution >= 4 is 5.91 Å². The molecule has 6 nitrogen and oxygen atoms in total. The summed E-state index contributed by atoms with van der Waals surface area (Å²) in [5, 5.41) is 2.76. The van der Waals surface area contributed by atoms with E-state index in [-0.39, 0.29) is 24.3 Å². The highest BCUT2D eigenvalue weighted by molar-refractivity contribution is 5.91. The fraction of sp³-hybridized carbons (Fsp3) is 0.258. The number of hydrogen-bond donors (Lipinski definition) is 1. The molecule has 3 aromatic carbocycles. The normalized spacial score (nSPS) is 15.2. The zero-order chi connectivity index (χ0) is 25.5. The predicted octanol–water partition coefficient (Wildman–Crippen LogP) is 5.38. The highest BCUT2D eigenvalue weighted by Gasteiger charge is 2.29. The predicted molar refractivity (Wildman–Crippen MR) is 143 cm³/mol. The fourth-order valence-electron chi connectivity index (χ4n) is 4.83. The molecule has 0 saturated heterocycles. The monoisotopic (exact) mass is 496 g/mol.